The average Bonchev–Trinajstić information content (AvgIpc) is 3.28. The number of esters is 1. The predicted molar refractivity (Wildman–Crippen MR) is 131 cm³/mol. The van der Waals surface area contributed by atoms with Gasteiger partial charge in [0.25, 0.3) is 0 Å². The number of fused-ring (bicyclic) bond motifs is 1. The van der Waals surface area contributed by atoms with Crippen molar-refractivity contribution in [1.82, 2.24) is 10.2 Å². The first kappa shape index (κ1) is 25.6. The summed E-state index contributed by atoms with van der Waals surface area (Å²) < 4.78 is 44.6. The van der Waals surface area contributed by atoms with Gasteiger partial charge in [-0.2, -0.15) is 13.2 Å². The fraction of sp³-hybridized carbons (Fsp3) is 0.269. The van der Waals surface area contributed by atoms with Crippen LogP contribution in [-0.4, -0.2) is 29.1 Å². The molecule has 1 N–H and O–H groups in total. The molecule has 1 atom stereocenters. The van der Waals surface area contributed by atoms with Gasteiger partial charge in [-0.3, -0.25) is 4.79 Å². The van der Waals surface area contributed by atoms with Crippen LogP contribution < -0.4 is 5.32 Å². The minimum absolute atomic E-state index is 0.00585. The number of aliphatic imine (C=N–C) groups is 1. The number of alkyl halides is 3. The molecule has 0 aromatic heterocycles. The molecule has 0 bridgehead atoms. The van der Waals surface area contributed by atoms with Crippen molar-refractivity contribution in [3.63, 3.8) is 0 Å². The quantitative estimate of drug-likeness (QED) is 0.490. The molecule has 2 aliphatic heterocycles. The van der Waals surface area contributed by atoms with E-state index in [4.69, 9.17) is 4.74 Å². The fourth-order valence-corrected chi connectivity index (χ4v) is 5.04. The lowest BCUT2D eigenvalue weighted by atomic mass is 9.92. The number of rotatable bonds is 7. The summed E-state index contributed by atoms with van der Waals surface area (Å²) in [5.74, 6) is -0.854. The van der Waals surface area contributed by atoms with Gasteiger partial charge in [0.05, 0.1) is 36.4 Å². The first-order chi connectivity index (χ1) is 17.2. The van der Waals surface area contributed by atoms with Gasteiger partial charge >= 0.3 is 12.1 Å². The molecule has 36 heavy (non-hydrogen) atoms. The highest BCUT2D eigenvalue weighted by atomic mass is 32.2. The number of benzene rings is 2. The minimum atomic E-state index is -4.49. The van der Waals surface area contributed by atoms with Crippen molar-refractivity contribution in [2.24, 2.45) is 4.99 Å². The molecule has 0 saturated carbocycles. The lowest BCUT2D eigenvalue weighted by molar-refractivity contribution is -0.138. The molecule has 1 unspecified atom stereocenters. The molecule has 0 spiro atoms. The van der Waals surface area contributed by atoms with Gasteiger partial charge in [0, 0.05) is 12.2 Å². The maximum Gasteiger partial charge on any atom is 0.416 e. The van der Waals surface area contributed by atoms with Crippen molar-refractivity contribution in [3.8, 4) is 0 Å². The molecule has 2 aromatic rings. The van der Waals surface area contributed by atoms with Crippen molar-refractivity contribution in [2.75, 3.05) is 7.11 Å². The Balaban J connectivity index is 1.65. The fourth-order valence-electron chi connectivity index (χ4n) is 4.11. The van der Waals surface area contributed by atoms with Gasteiger partial charge in [-0.1, -0.05) is 61.2 Å². The normalized spacial score (nSPS) is 17.4. The number of amidine groups is 1. The molecule has 10 heteroatoms. The summed E-state index contributed by atoms with van der Waals surface area (Å²) in [6.45, 7) is 2.20. The summed E-state index contributed by atoms with van der Waals surface area (Å²) in [7, 11) is 1.25. The molecule has 2 aliphatic rings. The largest absolute Gasteiger partial charge is 0.466 e. The zero-order chi connectivity index (χ0) is 25.9. The lowest BCUT2D eigenvalue weighted by Gasteiger charge is -2.36. The van der Waals surface area contributed by atoms with Crippen molar-refractivity contribution in [3.05, 3.63) is 93.7 Å². The van der Waals surface area contributed by atoms with Gasteiger partial charge in [-0.05, 0) is 35.1 Å². The second-order valence-electron chi connectivity index (χ2n) is 8.16. The van der Waals surface area contributed by atoms with Gasteiger partial charge in [-0.15, -0.1) is 0 Å². The Bertz CT molecular complexity index is 1240. The number of ether oxygens (including phenoxy) is 1. The third-order valence-corrected chi connectivity index (χ3v) is 6.75. The maximum absolute atomic E-state index is 13.2. The van der Waals surface area contributed by atoms with Crippen LogP contribution in [0.5, 0.6) is 0 Å². The Morgan fingerprint density at radius 3 is 2.42 bits per heavy atom. The molecule has 0 fully saturated rings. The third kappa shape index (κ3) is 5.33. The molecule has 188 valence electrons. The van der Waals surface area contributed by atoms with Crippen LogP contribution in [0.1, 0.15) is 42.5 Å². The number of halogens is 3. The number of thioether (sulfide) groups is 1. The molecule has 0 saturated heterocycles. The Labute approximate surface area is 210 Å². The van der Waals surface area contributed by atoms with Gasteiger partial charge in [0.15, 0.2) is 5.17 Å². The standard InChI is InChI=1S/C26H24F3N3O3S/c1-3-20-22(24(34)35-2)23(17-9-11-18(12-10-17)26(27,28)29)32-19(15-36-25(32)31-20)13-21(33)30-14-16-7-5-4-6-8-16/h4-12,15,23H,3,13-14H2,1-2H3,(H,30,33). The van der Waals surface area contributed by atoms with E-state index >= 15 is 0 Å². The summed E-state index contributed by atoms with van der Waals surface area (Å²) in [6.07, 6.45) is -4.06. The van der Waals surface area contributed by atoms with E-state index in [1.54, 1.807) is 10.3 Å². The van der Waals surface area contributed by atoms with Crippen LogP contribution in [0.2, 0.25) is 0 Å². The molecule has 2 heterocycles. The van der Waals surface area contributed by atoms with Crippen molar-refractivity contribution < 1.29 is 27.5 Å². The number of carbonyl (C=O) groups is 2. The van der Waals surface area contributed by atoms with Gasteiger partial charge in [0.1, 0.15) is 0 Å². The highest BCUT2D eigenvalue weighted by Gasteiger charge is 2.42. The van der Waals surface area contributed by atoms with Gasteiger partial charge in [0.2, 0.25) is 5.91 Å². The van der Waals surface area contributed by atoms with Crippen LogP contribution in [0.15, 0.2) is 82.0 Å². The number of methoxy groups -OCH3 is 1. The van der Waals surface area contributed by atoms with Crippen LogP contribution in [-0.2, 0) is 27.0 Å². The molecule has 0 radical (unpaired) electrons. The Kier molecular flexibility index (Phi) is 7.53. The van der Waals surface area contributed by atoms with Crippen LogP contribution >= 0.6 is 11.8 Å². The van der Waals surface area contributed by atoms with E-state index in [2.05, 4.69) is 10.3 Å². The SMILES string of the molecule is CCC1=C(C(=O)OC)C(c2ccc(C(F)(F)F)cc2)N2C(CC(=O)NCc3ccccc3)=CSC2=N1. The number of hydrogen-bond donors (Lipinski definition) is 1. The zero-order valence-electron chi connectivity index (χ0n) is 19.6. The third-order valence-electron chi connectivity index (χ3n) is 5.86. The maximum atomic E-state index is 13.2. The van der Waals surface area contributed by atoms with E-state index in [-0.39, 0.29) is 17.9 Å². The summed E-state index contributed by atoms with van der Waals surface area (Å²) >= 11 is 1.30. The number of hydrogen-bond acceptors (Lipinski definition) is 6. The van der Waals surface area contributed by atoms with Crippen LogP contribution in [0.4, 0.5) is 13.2 Å². The summed E-state index contributed by atoms with van der Waals surface area (Å²) in [4.78, 5) is 32.0. The van der Waals surface area contributed by atoms with E-state index in [0.717, 1.165) is 17.7 Å². The first-order valence-corrected chi connectivity index (χ1v) is 12.1. The molecular formula is C26H24F3N3O3S. The molecular weight excluding hydrogens is 491 g/mol. The van der Waals surface area contributed by atoms with E-state index < -0.39 is 23.8 Å². The van der Waals surface area contributed by atoms with E-state index in [9.17, 15) is 22.8 Å². The van der Waals surface area contributed by atoms with Crippen LogP contribution in [0, 0.1) is 0 Å². The minimum Gasteiger partial charge on any atom is -0.466 e. The number of carbonyl (C=O) groups excluding carboxylic acids is 2. The molecule has 0 aliphatic carbocycles. The number of allylic oxidation sites excluding steroid dienone is 1. The van der Waals surface area contributed by atoms with E-state index in [0.29, 0.717) is 35.1 Å². The zero-order valence-corrected chi connectivity index (χ0v) is 20.4. The molecule has 6 nitrogen and oxygen atoms in total. The van der Waals surface area contributed by atoms with Crippen LogP contribution in [0.25, 0.3) is 0 Å². The summed E-state index contributed by atoms with van der Waals surface area (Å²) in [5.41, 5.74) is 1.94. The monoisotopic (exact) mass is 515 g/mol. The van der Waals surface area contributed by atoms with Crippen molar-refractivity contribution >= 4 is 28.8 Å². The number of nitrogens with one attached hydrogen (secondary N) is 1. The Morgan fingerprint density at radius 2 is 1.81 bits per heavy atom. The number of amides is 1. The molecule has 1 amide bonds. The molecule has 4 rings (SSSR count). The Hall–Kier alpha value is -3.53. The van der Waals surface area contributed by atoms with E-state index in [1.807, 2.05) is 37.3 Å². The summed E-state index contributed by atoms with van der Waals surface area (Å²) in [5, 5.41) is 5.22. The van der Waals surface area contributed by atoms with Crippen molar-refractivity contribution in [2.45, 2.75) is 38.5 Å². The number of nitrogens with zero attached hydrogens (tertiary/aromatic N) is 2. The predicted octanol–water partition coefficient (Wildman–Crippen LogP) is 5.55. The molecule has 2 aromatic carbocycles. The second-order valence-corrected chi connectivity index (χ2v) is 8.99. The van der Waals surface area contributed by atoms with Gasteiger partial charge < -0.3 is 15.0 Å². The topological polar surface area (TPSA) is 71.0 Å². The van der Waals surface area contributed by atoms with Crippen molar-refractivity contribution in [1.29, 1.82) is 0 Å². The second kappa shape index (κ2) is 10.6. The van der Waals surface area contributed by atoms with Gasteiger partial charge in [-0.25, -0.2) is 9.79 Å². The van der Waals surface area contributed by atoms with E-state index in [1.165, 1.54) is 31.0 Å². The first-order valence-electron chi connectivity index (χ1n) is 11.3. The highest BCUT2D eigenvalue weighted by Crippen LogP contribution is 2.45. The smallest absolute Gasteiger partial charge is 0.416 e. The Morgan fingerprint density at radius 1 is 1.11 bits per heavy atom. The lowest BCUT2D eigenvalue weighted by Crippen LogP contribution is -2.38. The highest BCUT2D eigenvalue weighted by molar-refractivity contribution is 8.16. The van der Waals surface area contributed by atoms with Crippen LogP contribution in [0.3, 0.4) is 0 Å². The summed E-state index contributed by atoms with van der Waals surface area (Å²) in [6, 6.07) is 13.4. The average molecular weight is 516 g/mol.